The number of hydrogen-bond acceptors (Lipinski definition) is 6. The highest BCUT2D eigenvalue weighted by molar-refractivity contribution is 5.97. The van der Waals surface area contributed by atoms with Crippen molar-refractivity contribution in [3.8, 4) is 11.5 Å². The molecular weight excluding hydrogens is 298 g/mol. The maximum atomic E-state index is 12.7. The van der Waals surface area contributed by atoms with Crippen LogP contribution in [0, 0.1) is 0 Å². The quantitative estimate of drug-likeness (QED) is 0.795. The molecular formula is C15H21N5O3. The van der Waals surface area contributed by atoms with Crippen LogP contribution in [0.1, 0.15) is 16.2 Å². The zero-order chi connectivity index (χ0) is 16.8. The number of nitrogens with two attached hydrogens (primary N) is 1. The number of ether oxygens (including phenoxy) is 2. The minimum absolute atomic E-state index is 0.178. The van der Waals surface area contributed by atoms with Crippen molar-refractivity contribution in [1.29, 1.82) is 0 Å². The Morgan fingerprint density at radius 1 is 1.43 bits per heavy atom. The summed E-state index contributed by atoms with van der Waals surface area (Å²) in [6.45, 7) is 1.03. The zero-order valence-electron chi connectivity index (χ0n) is 13.5. The minimum Gasteiger partial charge on any atom is -0.497 e. The van der Waals surface area contributed by atoms with E-state index in [1.807, 2.05) is 7.05 Å². The second kappa shape index (κ2) is 7.59. The molecule has 124 valence electrons. The monoisotopic (exact) mass is 319 g/mol. The van der Waals surface area contributed by atoms with Crippen LogP contribution in [0.15, 0.2) is 24.5 Å². The molecule has 0 aliphatic rings. The lowest BCUT2D eigenvalue weighted by Gasteiger charge is -2.19. The van der Waals surface area contributed by atoms with Crippen LogP contribution in [0.5, 0.6) is 11.5 Å². The van der Waals surface area contributed by atoms with E-state index in [9.17, 15) is 4.79 Å². The fraction of sp³-hybridized carbons (Fsp3) is 0.400. The van der Waals surface area contributed by atoms with E-state index in [1.165, 1.54) is 0 Å². The molecule has 0 fully saturated rings. The number of methoxy groups -OCH3 is 1. The van der Waals surface area contributed by atoms with Crippen LogP contribution < -0.4 is 15.2 Å². The topological polar surface area (TPSA) is 95.5 Å². The number of hydrogen-bond donors (Lipinski definition) is 1. The Balaban J connectivity index is 2.21. The third-order valence-electron chi connectivity index (χ3n) is 3.33. The molecule has 0 radical (unpaired) electrons. The Morgan fingerprint density at radius 3 is 2.83 bits per heavy atom. The van der Waals surface area contributed by atoms with Gasteiger partial charge >= 0.3 is 0 Å². The molecule has 0 aliphatic carbocycles. The summed E-state index contributed by atoms with van der Waals surface area (Å²) in [6, 6.07) is 5.08. The van der Waals surface area contributed by atoms with Gasteiger partial charge < -0.3 is 24.7 Å². The van der Waals surface area contributed by atoms with Crippen molar-refractivity contribution in [3.05, 3.63) is 35.9 Å². The van der Waals surface area contributed by atoms with Crippen LogP contribution >= 0.6 is 0 Å². The van der Waals surface area contributed by atoms with Crippen LogP contribution in [0.2, 0.25) is 0 Å². The van der Waals surface area contributed by atoms with Gasteiger partial charge in [0.15, 0.2) is 5.82 Å². The van der Waals surface area contributed by atoms with Crippen LogP contribution in [-0.4, -0.2) is 52.9 Å². The second-order valence-electron chi connectivity index (χ2n) is 5.02. The Bertz CT molecular complexity index is 671. The molecule has 2 aromatic rings. The van der Waals surface area contributed by atoms with E-state index in [0.29, 0.717) is 42.6 Å². The van der Waals surface area contributed by atoms with Crippen molar-refractivity contribution < 1.29 is 14.3 Å². The van der Waals surface area contributed by atoms with Crippen LogP contribution in [-0.2, 0) is 13.6 Å². The van der Waals surface area contributed by atoms with Crippen molar-refractivity contribution in [2.45, 2.75) is 6.54 Å². The molecule has 0 saturated heterocycles. The smallest absolute Gasteiger partial charge is 0.257 e. The van der Waals surface area contributed by atoms with E-state index in [1.54, 1.807) is 48.2 Å². The summed E-state index contributed by atoms with van der Waals surface area (Å²) in [5.74, 6) is 1.58. The van der Waals surface area contributed by atoms with Crippen molar-refractivity contribution in [2.75, 3.05) is 27.3 Å². The van der Waals surface area contributed by atoms with E-state index in [2.05, 4.69) is 10.2 Å². The lowest BCUT2D eigenvalue weighted by atomic mass is 10.1. The maximum absolute atomic E-state index is 12.7. The molecule has 2 rings (SSSR count). The number of aromatic nitrogens is 3. The van der Waals surface area contributed by atoms with Gasteiger partial charge in [-0.25, -0.2) is 0 Å². The molecule has 1 aromatic carbocycles. The highest BCUT2D eigenvalue weighted by Crippen LogP contribution is 2.26. The van der Waals surface area contributed by atoms with Crippen LogP contribution in [0.3, 0.4) is 0 Å². The third-order valence-corrected chi connectivity index (χ3v) is 3.33. The van der Waals surface area contributed by atoms with Gasteiger partial charge in [0.1, 0.15) is 24.4 Å². The van der Waals surface area contributed by atoms with Crippen molar-refractivity contribution >= 4 is 5.91 Å². The minimum atomic E-state index is -0.178. The van der Waals surface area contributed by atoms with E-state index in [-0.39, 0.29) is 5.91 Å². The van der Waals surface area contributed by atoms with Gasteiger partial charge in [-0.1, -0.05) is 0 Å². The Labute approximate surface area is 134 Å². The average molecular weight is 319 g/mol. The van der Waals surface area contributed by atoms with Gasteiger partial charge in [-0.15, -0.1) is 10.2 Å². The molecule has 0 unspecified atom stereocenters. The van der Waals surface area contributed by atoms with E-state index < -0.39 is 0 Å². The van der Waals surface area contributed by atoms with E-state index in [0.717, 1.165) is 0 Å². The van der Waals surface area contributed by atoms with Gasteiger partial charge in [0.05, 0.1) is 19.2 Å². The van der Waals surface area contributed by atoms with Gasteiger partial charge in [-0.3, -0.25) is 4.79 Å². The van der Waals surface area contributed by atoms with Crippen molar-refractivity contribution in [2.24, 2.45) is 12.8 Å². The third kappa shape index (κ3) is 3.98. The first-order valence-electron chi connectivity index (χ1n) is 7.16. The molecule has 8 nitrogen and oxygen atoms in total. The molecule has 0 spiro atoms. The normalized spacial score (nSPS) is 10.4. The summed E-state index contributed by atoms with van der Waals surface area (Å²) in [5.41, 5.74) is 5.92. The number of aryl methyl sites for hydroxylation is 1. The molecule has 23 heavy (non-hydrogen) atoms. The summed E-state index contributed by atoms with van der Waals surface area (Å²) < 4.78 is 12.5. The first-order valence-corrected chi connectivity index (χ1v) is 7.16. The molecule has 1 aromatic heterocycles. The van der Waals surface area contributed by atoms with Crippen molar-refractivity contribution in [3.63, 3.8) is 0 Å². The second-order valence-corrected chi connectivity index (χ2v) is 5.02. The predicted octanol–water partition coefficient (Wildman–Crippen LogP) is 0.433. The van der Waals surface area contributed by atoms with Crippen LogP contribution in [0.25, 0.3) is 0 Å². The first kappa shape index (κ1) is 16.8. The largest absolute Gasteiger partial charge is 0.497 e. The number of amides is 1. The van der Waals surface area contributed by atoms with Gasteiger partial charge in [0.2, 0.25) is 0 Å². The molecule has 0 atom stereocenters. The number of benzene rings is 1. The number of nitrogens with zero attached hydrogens (tertiary/aromatic N) is 4. The zero-order valence-corrected chi connectivity index (χ0v) is 13.5. The predicted molar refractivity (Wildman–Crippen MR) is 84.3 cm³/mol. The SMILES string of the molecule is COc1ccc(C(=O)N(C)Cc2nncn2C)c(OCCN)c1. The van der Waals surface area contributed by atoms with Gasteiger partial charge in [-0.2, -0.15) is 0 Å². The highest BCUT2D eigenvalue weighted by Gasteiger charge is 2.19. The van der Waals surface area contributed by atoms with Gasteiger partial charge in [-0.05, 0) is 12.1 Å². The van der Waals surface area contributed by atoms with E-state index in [4.69, 9.17) is 15.2 Å². The summed E-state index contributed by atoms with van der Waals surface area (Å²) >= 11 is 0. The molecule has 1 heterocycles. The molecule has 0 aliphatic heterocycles. The number of carbonyl (C=O) groups excluding carboxylic acids is 1. The van der Waals surface area contributed by atoms with Gasteiger partial charge in [0, 0.05) is 26.7 Å². The fourth-order valence-corrected chi connectivity index (χ4v) is 2.03. The first-order chi connectivity index (χ1) is 11.1. The number of rotatable bonds is 7. The molecule has 1 amide bonds. The average Bonchev–Trinajstić information content (AvgIpc) is 2.96. The lowest BCUT2D eigenvalue weighted by Crippen LogP contribution is -2.28. The molecule has 2 N–H and O–H groups in total. The molecule has 0 bridgehead atoms. The fourth-order valence-electron chi connectivity index (χ4n) is 2.03. The summed E-state index contributed by atoms with van der Waals surface area (Å²) in [5, 5.41) is 7.79. The number of carbonyl (C=O) groups is 1. The van der Waals surface area contributed by atoms with E-state index >= 15 is 0 Å². The summed E-state index contributed by atoms with van der Waals surface area (Å²) in [4.78, 5) is 14.2. The van der Waals surface area contributed by atoms with Crippen LogP contribution in [0.4, 0.5) is 0 Å². The standard InChI is InChI=1S/C15H21N5O3/c1-19(9-14-18-17-10-20(14)2)15(21)12-5-4-11(22-3)8-13(12)23-7-6-16/h4-5,8,10H,6-7,9,16H2,1-3H3. The molecule has 8 heteroatoms. The van der Waals surface area contributed by atoms with Crippen molar-refractivity contribution in [1.82, 2.24) is 19.7 Å². The Kier molecular flexibility index (Phi) is 5.53. The Hall–Kier alpha value is -2.61. The highest BCUT2D eigenvalue weighted by atomic mass is 16.5. The lowest BCUT2D eigenvalue weighted by molar-refractivity contribution is 0.0776. The molecule has 0 saturated carbocycles. The summed E-state index contributed by atoms with van der Waals surface area (Å²) in [7, 11) is 5.09. The van der Waals surface area contributed by atoms with Gasteiger partial charge in [0.25, 0.3) is 5.91 Å². The Morgan fingerprint density at radius 2 is 2.22 bits per heavy atom. The maximum Gasteiger partial charge on any atom is 0.257 e. The summed E-state index contributed by atoms with van der Waals surface area (Å²) in [6.07, 6.45) is 1.59.